The Labute approximate surface area is 219 Å². The van der Waals surface area contributed by atoms with E-state index in [9.17, 15) is 0 Å². The number of halogens is 1. The van der Waals surface area contributed by atoms with E-state index in [0.29, 0.717) is 0 Å². The molecule has 0 aliphatic rings. The van der Waals surface area contributed by atoms with Gasteiger partial charge in [-0.15, -0.1) is 11.3 Å². The average Bonchev–Trinajstić information content (AvgIpc) is 3.31. The molecule has 0 radical (unpaired) electrons. The summed E-state index contributed by atoms with van der Waals surface area (Å²) in [5.41, 5.74) is 7.30. The standard InChI is InChI=1S/C34H21ClS/c35-24-12-5-11-23(21-24)25-13-1-2-14-26(25)28-16-6-9-22-10-7-17-29(33(22)28)31-19-8-18-30-27-15-3-4-20-32(27)36-34(30)31/h1-21H. The van der Waals surface area contributed by atoms with Gasteiger partial charge in [0.25, 0.3) is 0 Å². The van der Waals surface area contributed by atoms with Crippen LogP contribution in [0.4, 0.5) is 0 Å². The van der Waals surface area contributed by atoms with Crippen molar-refractivity contribution in [2.75, 3.05) is 0 Å². The van der Waals surface area contributed by atoms with Crippen molar-refractivity contribution in [3.05, 3.63) is 132 Å². The second-order valence-electron chi connectivity index (χ2n) is 9.05. The third-order valence-electron chi connectivity index (χ3n) is 6.95. The third-order valence-corrected chi connectivity index (χ3v) is 8.41. The molecule has 0 aliphatic carbocycles. The minimum Gasteiger partial charge on any atom is -0.135 e. The first kappa shape index (κ1) is 21.4. The van der Waals surface area contributed by atoms with Crippen LogP contribution >= 0.6 is 22.9 Å². The van der Waals surface area contributed by atoms with E-state index < -0.39 is 0 Å². The molecule has 0 atom stereocenters. The van der Waals surface area contributed by atoms with Crippen molar-refractivity contribution in [2.24, 2.45) is 0 Å². The Morgan fingerprint density at radius 3 is 1.92 bits per heavy atom. The first-order chi connectivity index (χ1) is 17.8. The van der Waals surface area contributed by atoms with Gasteiger partial charge in [-0.25, -0.2) is 0 Å². The first-order valence-electron chi connectivity index (χ1n) is 12.1. The molecular weight excluding hydrogens is 476 g/mol. The molecule has 0 bridgehead atoms. The molecular formula is C34H21ClS. The Balaban J connectivity index is 1.55. The molecule has 0 aliphatic heterocycles. The van der Waals surface area contributed by atoms with Crippen molar-refractivity contribution >= 4 is 53.9 Å². The van der Waals surface area contributed by atoms with Gasteiger partial charge in [-0.05, 0) is 56.8 Å². The minimum absolute atomic E-state index is 0.748. The van der Waals surface area contributed by atoms with Crippen LogP contribution in [-0.4, -0.2) is 0 Å². The maximum atomic E-state index is 6.38. The molecule has 2 heteroatoms. The molecule has 170 valence electrons. The van der Waals surface area contributed by atoms with Crippen LogP contribution in [0.2, 0.25) is 5.02 Å². The highest BCUT2D eigenvalue weighted by Gasteiger charge is 2.16. The molecule has 0 unspecified atom stereocenters. The second-order valence-corrected chi connectivity index (χ2v) is 10.5. The van der Waals surface area contributed by atoms with E-state index in [1.165, 1.54) is 58.8 Å². The van der Waals surface area contributed by atoms with E-state index >= 15 is 0 Å². The predicted octanol–water partition coefficient (Wildman–Crippen LogP) is 10.9. The molecule has 6 aromatic carbocycles. The fourth-order valence-corrected chi connectivity index (χ4v) is 6.80. The number of hydrogen-bond acceptors (Lipinski definition) is 1. The fourth-order valence-electron chi connectivity index (χ4n) is 5.37. The summed E-state index contributed by atoms with van der Waals surface area (Å²) in [7, 11) is 0. The predicted molar refractivity (Wildman–Crippen MR) is 158 cm³/mol. The Morgan fingerprint density at radius 2 is 1.08 bits per heavy atom. The van der Waals surface area contributed by atoms with Crippen molar-refractivity contribution in [1.82, 2.24) is 0 Å². The zero-order valence-electron chi connectivity index (χ0n) is 19.4. The van der Waals surface area contributed by atoms with Crippen molar-refractivity contribution in [2.45, 2.75) is 0 Å². The molecule has 0 saturated heterocycles. The lowest BCUT2D eigenvalue weighted by Gasteiger charge is -2.16. The highest BCUT2D eigenvalue weighted by molar-refractivity contribution is 7.26. The molecule has 7 aromatic rings. The smallest absolute Gasteiger partial charge is 0.0434 e. The maximum Gasteiger partial charge on any atom is 0.0434 e. The number of thiophene rings is 1. The van der Waals surface area contributed by atoms with Crippen molar-refractivity contribution in [1.29, 1.82) is 0 Å². The summed E-state index contributed by atoms with van der Waals surface area (Å²) in [6.07, 6.45) is 0. The van der Waals surface area contributed by atoms with Gasteiger partial charge in [0.1, 0.15) is 0 Å². The zero-order chi connectivity index (χ0) is 24.1. The molecule has 0 saturated carbocycles. The number of benzene rings is 6. The first-order valence-corrected chi connectivity index (χ1v) is 13.2. The molecule has 36 heavy (non-hydrogen) atoms. The highest BCUT2D eigenvalue weighted by atomic mass is 35.5. The van der Waals surface area contributed by atoms with E-state index in [2.05, 4.69) is 109 Å². The van der Waals surface area contributed by atoms with Gasteiger partial charge in [0, 0.05) is 30.8 Å². The van der Waals surface area contributed by atoms with E-state index in [-0.39, 0.29) is 0 Å². The van der Waals surface area contributed by atoms with Gasteiger partial charge in [-0.2, -0.15) is 0 Å². The Morgan fingerprint density at radius 1 is 0.472 bits per heavy atom. The normalized spacial score (nSPS) is 11.5. The van der Waals surface area contributed by atoms with Gasteiger partial charge in [-0.3, -0.25) is 0 Å². The van der Waals surface area contributed by atoms with Crippen molar-refractivity contribution < 1.29 is 0 Å². The molecule has 0 amide bonds. The molecule has 0 fully saturated rings. The van der Waals surface area contributed by atoms with Gasteiger partial charge in [-0.1, -0.05) is 121 Å². The van der Waals surface area contributed by atoms with Crippen LogP contribution in [0.3, 0.4) is 0 Å². The van der Waals surface area contributed by atoms with Crippen LogP contribution in [0, 0.1) is 0 Å². The second kappa shape index (κ2) is 8.64. The van der Waals surface area contributed by atoms with Crippen LogP contribution < -0.4 is 0 Å². The van der Waals surface area contributed by atoms with Crippen LogP contribution in [0.1, 0.15) is 0 Å². The summed E-state index contributed by atoms with van der Waals surface area (Å²) in [6.45, 7) is 0. The zero-order valence-corrected chi connectivity index (χ0v) is 21.0. The summed E-state index contributed by atoms with van der Waals surface area (Å²) in [4.78, 5) is 0. The van der Waals surface area contributed by atoms with Gasteiger partial charge < -0.3 is 0 Å². The van der Waals surface area contributed by atoms with E-state index in [4.69, 9.17) is 11.6 Å². The SMILES string of the molecule is Clc1cccc(-c2ccccc2-c2cccc3cccc(-c4cccc5c4sc4ccccc45)c23)c1. The summed E-state index contributed by atoms with van der Waals surface area (Å²) in [5.74, 6) is 0. The highest BCUT2D eigenvalue weighted by Crippen LogP contribution is 2.45. The van der Waals surface area contributed by atoms with Gasteiger partial charge in [0.2, 0.25) is 0 Å². The number of hydrogen-bond donors (Lipinski definition) is 0. The monoisotopic (exact) mass is 496 g/mol. The van der Waals surface area contributed by atoms with E-state index in [1.807, 2.05) is 29.5 Å². The molecule has 1 aromatic heterocycles. The van der Waals surface area contributed by atoms with Gasteiger partial charge in [0.15, 0.2) is 0 Å². The number of fused-ring (bicyclic) bond motifs is 4. The fraction of sp³-hybridized carbons (Fsp3) is 0. The minimum atomic E-state index is 0.748. The third kappa shape index (κ3) is 3.44. The van der Waals surface area contributed by atoms with E-state index in [1.54, 1.807) is 0 Å². The van der Waals surface area contributed by atoms with Crippen LogP contribution in [0.5, 0.6) is 0 Å². The van der Waals surface area contributed by atoms with Crippen molar-refractivity contribution in [3.8, 4) is 33.4 Å². The molecule has 0 spiro atoms. The molecule has 7 rings (SSSR count). The van der Waals surface area contributed by atoms with Gasteiger partial charge in [0.05, 0.1) is 0 Å². The summed E-state index contributed by atoms with van der Waals surface area (Å²) >= 11 is 8.26. The maximum absolute atomic E-state index is 6.38. The number of rotatable bonds is 3. The molecule has 0 N–H and O–H groups in total. The largest absolute Gasteiger partial charge is 0.135 e. The lowest BCUT2D eigenvalue weighted by Crippen LogP contribution is -1.89. The quantitative estimate of drug-likeness (QED) is 0.228. The lowest BCUT2D eigenvalue weighted by molar-refractivity contribution is 1.60. The molecule has 0 nitrogen and oxygen atoms in total. The average molecular weight is 497 g/mol. The van der Waals surface area contributed by atoms with Crippen LogP contribution in [-0.2, 0) is 0 Å². The van der Waals surface area contributed by atoms with Crippen LogP contribution in [0.25, 0.3) is 64.3 Å². The van der Waals surface area contributed by atoms with Crippen LogP contribution in [0.15, 0.2) is 127 Å². The topological polar surface area (TPSA) is 0 Å². The molecule has 1 heterocycles. The Hall–Kier alpha value is -3.91. The van der Waals surface area contributed by atoms with Gasteiger partial charge >= 0.3 is 0 Å². The summed E-state index contributed by atoms with van der Waals surface area (Å²) < 4.78 is 2.66. The summed E-state index contributed by atoms with van der Waals surface area (Å²) in [6, 6.07) is 45.5. The Bertz CT molecular complexity index is 1910. The van der Waals surface area contributed by atoms with E-state index in [0.717, 1.165) is 10.6 Å². The lowest BCUT2D eigenvalue weighted by atomic mass is 9.88. The van der Waals surface area contributed by atoms with Crippen molar-refractivity contribution in [3.63, 3.8) is 0 Å². The summed E-state index contributed by atoms with van der Waals surface area (Å²) in [5, 5.41) is 5.91. The Kier molecular flexibility index (Phi) is 5.13.